The molecule has 0 spiro atoms. The predicted octanol–water partition coefficient (Wildman–Crippen LogP) is -2.91. The molecule has 0 unspecified atom stereocenters. The molecule has 0 bridgehead atoms. The molecule has 13 heavy (non-hydrogen) atoms. The third-order valence-corrected chi connectivity index (χ3v) is 1.01. The lowest BCUT2D eigenvalue weighted by molar-refractivity contribution is -0.158. The Morgan fingerprint density at radius 1 is 1.08 bits per heavy atom. The molecule has 0 rings (SSSR count). The molecule has 0 fully saturated rings. The highest BCUT2D eigenvalue weighted by atomic mass is 16.6. The Hall–Kier alpha value is -1.47. The molecule has 0 atom stereocenters. The van der Waals surface area contributed by atoms with Crippen molar-refractivity contribution in [2.24, 2.45) is 11.5 Å². The fourth-order valence-electron chi connectivity index (χ4n) is 0.448. The van der Waals surface area contributed by atoms with Crippen molar-refractivity contribution in [3.63, 3.8) is 0 Å². The standard InChI is InChI=1S/C6H11N3O4/c7-1-4(10)9-3-6(12)13-5(11)2-8/h1-3,7-8H2,(H,9,10). The summed E-state index contributed by atoms with van der Waals surface area (Å²) in [6.45, 7) is -0.990. The molecule has 0 aromatic carbocycles. The first kappa shape index (κ1) is 11.5. The van der Waals surface area contributed by atoms with Gasteiger partial charge in [0.25, 0.3) is 0 Å². The van der Waals surface area contributed by atoms with E-state index in [0.717, 1.165) is 0 Å². The Morgan fingerprint density at radius 3 is 2.15 bits per heavy atom. The second kappa shape index (κ2) is 6.09. The van der Waals surface area contributed by atoms with Crippen LogP contribution >= 0.6 is 0 Å². The van der Waals surface area contributed by atoms with E-state index in [4.69, 9.17) is 11.5 Å². The fourth-order valence-corrected chi connectivity index (χ4v) is 0.448. The second-order valence-electron chi connectivity index (χ2n) is 2.03. The smallest absolute Gasteiger partial charge is 0.333 e. The topological polar surface area (TPSA) is 125 Å². The summed E-state index contributed by atoms with van der Waals surface area (Å²) in [5.74, 6) is -2.21. The summed E-state index contributed by atoms with van der Waals surface area (Å²) < 4.78 is 4.14. The summed E-state index contributed by atoms with van der Waals surface area (Å²) >= 11 is 0. The molecule has 0 saturated carbocycles. The number of ether oxygens (including phenoxy) is 1. The number of rotatable bonds is 4. The third-order valence-electron chi connectivity index (χ3n) is 1.01. The summed E-state index contributed by atoms with van der Waals surface area (Å²) in [5, 5.41) is 2.13. The van der Waals surface area contributed by atoms with Crippen LogP contribution in [0.3, 0.4) is 0 Å². The molecule has 0 aliphatic rings. The van der Waals surface area contributed by atoms with Crippen LogP contribution in [0.4, 0.5) is 0 Å². The van der Waals surface area contributed by atoms with Crippen molar-refractivity contribution < 1.29 is 19.1 Å². The normalized spacial score (nSPS) is 9.08. The van der Waals surface area contributed by atoms with Crippen LogP contribution in [-0.4, -0.2) is 37.5 Å². The highest BCUT2D eigenvalue weighted by Gasteiger charge is 2.09. The maximum absolute atomic E-state index is 10.7. The number of nitrogens with two attached hydrogens (primary N) is 2. The zero-order valence-corrected chi connectivity index (χ0v) is 6.91. The monoisotopic (exact) mass is 189 g/mol. The fraction of sp³-hybridized carbons (Fsp3) is 0.500. The Bertz CT molecular complexity index is 216. The molecule has 5 N–H and O–H groups in total. The van der Waals surface area contributed by atoms with Gasteiger partial charge in [0.1, 0.15) is 6.54 Å². The van der Waals surface area contributed by atoms with Gasteiger partial charge in [0.15, 0.2) is 0 Å². The number of hydrogen-bond donors (Lipinski definition) is 3. The number of carbonyl (C=O) groups is 3. The predicted molar refractivity (Wildman–Crippen MR) is 42.2 cm³/mol. The second-order valence-corrected chi connectivity index (χ2v) is 2.03. The molecule has 7 heteroatoms. The van der Waals surface area contributed by atoms with Crippen LogP contribution in [0.25, 0.3) is 0 Å². The Morgan fingerprint density at radius 2 is 1.69 bits per heavy atom. The molecule has 0 radical (unpaired) electrons. The van der Waals surface area contributed by atoms with Gasteiger partial charge in [-0.1, -0.05) is 0 Å². The van der Waals surface area contributed by atoms with Crippen molar-refractivity contribution in [2.45, 2.75) is 0 Å². The summed E-state index contributed by atoms with van der Waals surface area (Å²) in [5.41, 5.74) is 9.80. The molecule has 0 aromatic heterocycles. The molecule has 0 aliphatic carbocycles. The quantitative estimate of drug-likeness (QED) is 0.321. The van der Waals surface area contributed by atoms with Crippen LogP contribution in [-0.2, 0) is 19.1 Å². The van der Waals surface area contributed by atoms with E-state index in [-0.39, 0.29) is 19.6 Å². The van der Waals surface area contributed by atoms with E-state index >= 15 is 0 Å². The number of nitrogens with one attached hydrogen (secondary N) is 1. The Labute approximate surface area is 74.4 Å². The van der Waals surface area contributed by atoms with E-state index in [2.05, 4.69) is 10.1 Å². The van der Waals surface area contributed by atoms with E-state index in [1.165, 1.54) is 0 Å². The van der Waals surface area contributed by atoms with Gasteiger partial charge in [-0.2, -0.15) is 0 Å². The van der Waals surface area contributed by atoms with E-state index in [0.29, 0.717) is 0 Å². The molecule has 0 aromatic rings. The first-order valence-electron chi connectivity index (χ1n) is 3.50. The molecule has 74 valence electrons. The SMILES string of the molecule is NCC(=O)NCC(=O)OC(=O)CN. The minimum Gasteiger partial charge on any atom is -0.391 e. The van der Waals surface area contributed by atoms with Gasteiger partial charge in [0.2, 0.25) is 5.91 Å². The number of amides is 1. The Balaban J connectivity index is 3.63. The molecule has 0 heterocycles. The van der Waals surface area contributed by atoms with Crippen molar-refractivity contribution in [1.82, 2.24) is 5.32 Å². The van der Waals surface area contributed by atoms with Crippen molar-refractivity contribution in [1.29, 1.82) is 0 Å². The number of esters is 2. The maximum atomic E-state index is 10.7. The van der Waals surface area contributed by atoms with E-state index in [1.807, 2.05) is 0 Å². The lowest BCUT2D eigenvalue weighted by atomic mass is 10.5. The van der Waals surface area contributed by atoms with Crippen LogP contribution in [0.5, 0.6) is 0 Å². The zero-order chi connectivity index (χ0) is 10.3. The lowest BCUT2D eigenvalue weighted by Crippen LogP contribution is -2.36. The van der Waals surface area contributed by atoms with Gasteiger partial charge in [0, 0.05) is 0 Å². The van der Waals surface area contributed by atoms with Crippen molar-refractivity contribution >= 4 is 17.8 Å². The first-order chi connectivity index (χ1) is 6.10. The third kappa shape index (κ3) is 5.76. The van der Waals surface area contributed by atoms with Crippen LogP contribution in [0, 0.1) is 0 Å². The van der Waals surface area contributed by atoms with Crippen molar-refractivity contribution in [3.05, 3.63) is 0 Å². The molecule has 0 aliphatic heterocycles. The number of hydrogen-bond acceptors (Lipinski definition) is 6. The van der Waals surface area contributed by atoms with Crippen LogP contribution < -0.4 is 16.8 Å². The van der Waals surface area contributed by atoms with Gasteiger partial charge in [-0.15, -0.1) is 0 Å². The summed E-state index contributed by atoms with van der Waals surface area (Å²) in [6.07, 6.45) is 0. The van der Waals surface area contributed by atoms with E-state index in [1.54, 1.807) is 0 Å². The van der Waals surface area contributed by atoms with E-state index in [9.17, 15) is 14.4 Å². The largest absolute Gasteiger partial charge is 0.391 e. The van der Waals surface area contributed by atoms with Gasteiger partial charge in [-0.3, -0.25) is 9.59 Å². The van der Waals surface area contributed by atoms with Gasteiger partial charge in [0.05, 0.1) is 13.1 Å². The first-order valence-corrected chi connectivity index (χ1v) is 3.50. The average molecular weight is 189 g/mol. The van der Waals surface area contributed by atoms with Crippen LogP contribution in [0.2, 0.25) is 0 Å². The zero-order valence-electron chi connectivity index (χ0n) is 6.91. The molecular formula is C6H11N3O4. The van der Waals surface area contributed by atoms with Gasteiger partial charge < -0.3 is 21.5 Å². The van der Waals surface area contributed by atoms with Crippen LogP contribution in [0.15, 0.2) is 0 Å². The van der Waals surface area contributed by atoms with E-state index < -0.39 is 17.8 Å². The highest BCUT2D eigenvalue weighted by molar-refractivity contribution is 5.89. The lowest BCUT2D eigenvalue weighted by Gasteiger charge is -2.02. The summed E-state index contributed by atoms with van der Waals surface area (Å²) in [7, 11) is 0. The molecule has 7 nitrogen and oxygen atoms in total. The van der Waals surface area contributed by atoms with Crippen molar-refractivity contribution in [3.8, 4) is 0 Å². The number of carbonyl (C=O) groups excluding carboxylic acids is 3. The van der Waals surface area contributed by atoms with Crippen LogP contribution in [0.1, 0.15) is 0 Å². The van der Waals surface area contributed by atoms with Gasteiger partial charge in [-0.05, 0) is 0 Å². The maximum Gasteiger partial charge on any atom is 0.333 e. The molecular weight excluding hydrogens is 178 g/mol. The Kier molecular flexibility index (Phi) is 5.40. The average Bonchev–Trinajstić information content (AvgIpc) is 2.13. The minimum atomic E-state index is -0.864. The summed E-state index contributed by atoms with van der Waals surface area (Å²) in [4.78, 5) is 31.6. The minimum absolute atomic E-state index is 0.224. The van der Waals surface area contributed by atoms with Gasteiger partial charge >= 0.3 is 11.9 Å². The molecule has 1 amide bonds. The molecule has 0 saturated heterocycles. The van der Waals surface area contributed by atoms with Gasteiger partial charge in [-0.25, -0.2) is 4.79 Å². The summed E-state index contributed by atoms with van der Waals surface area (Å²) in [6, 6.07) is 0. The highest BCUT2D eigenvalue weighted by Crippen LogP contribution is 1.77. The van der Waals surface area contributed by atoms with Crippen molar-refractivity contribution in [2.75, 3.05) is 19.6 Å².